The van der Waals surface area contributed by atoms with Gasteiger partial charge in [-0.3, -0.25) is 23.9 Å². The number of carbonyl (C=O) groups excluding carboxylic acids is 4. The molecule has 2 aromatic carbocycles. The molecule has 1 saturated heterocycles. The van der Waals surface area contributed by atoms with Crippen molar-refractivity contribution in [3.8, 4) is 11.5 Å². The molecule has 11 nitrogen and oxygen atoms in total. The Kier molecular flexibility index (Phi) is 8.28. The summed E-state index contributed by atoms with van der Waals surface area (Å²) in [6.45, 7) is 7.68. The molecule has 3 aliphatic heterocycles. The van der Waals surface area contributed by atoms with Crippen LogP contribution in [0.5, 0.6) is 11.5 Å². The van der Waals surface area contributed by atoms with Gasteiger partial charge in [-0.2, -0.15) is 5.10 Å². The number of rotatable bonds is 3. The van der Waals surface area contributed by atoms with Crippen molar-refractivity contribution in [3.63, 3.8) is 0 Å². The number of likely N-dealkylation sites (tertiary alicyclic amines) is 1. The van der Waals surface area contributed by atoms with Crippen LogP contribution in [0.1, 0.15) is 56.6 Å². The van der Waals surface area contributed by atoms with Crippen molar-refractivity contribution in [3.05, 3.63) is 76.1 Å². The maximum absolute atomic E-state index is 13.4. The van der Waals surface area contributed by atoms with E-state index >= 15 is 0 Å². The number of aryl methyl sites for hydroxylation is 2. The number of ether oxygens (including phenoxy) is 2. The van der Waals surface area contributed by atoms with Gasteiger partial charge in [0.1, 0.15) is 24.1 Å². The molecule has 3 amide bonds. The number of ketones is 1. The normalized spacial score (nSPS) is 19.1. The standard InChI is InChI=1S/C31H35N5O6/c1-18-5-8-23-13-27(18)41-17-28(38)32-14-22-6-9-24(10-7-22)42-26-11-12-35(15-25(26)33-31(23)40)29(39)16-36-20(3)30(21(4)37)19(2)34-36/h5-10,13,25-26H,11-12,14-17H2,1-4H3,(H,32,38)(H,33,40)/t25-,26-/m0/s1. The Morgan fingerprint density at radius 1 is 1.07 bits per heavy atom. The first kappa shape index (κ1) is 28.8. The second-order valence-electron chi connectivity index (χ2n) is 10.8. The zero-order valence-corrected chi connectivity index (χ0v) is 24.2. The number of aromatic nitrogens is 2. The van der Waals surface area contributed by atoms with E-state index < -0.39 is 12.1 Å². The van der Waals surface area contributed by atoms with E-state index in [4.69, 9.17) is 9.47 Å². The second kappa shape index (κ2) is 12.1. The number of benzene rings is 2. The maximum atomic E-state index is 13.4. The van der Waals surface area contributed by atoms with Gasteiger partial charge in [0.2, 0.25) is 5.91 Å². The quantitative estimate of drug-likeness (QED) is 0.460. The highest BCUT2D eigenvalue weighted by Crippen LogP contribution is 2.24. The molecule has 220 valence electrons. The number of piperidine rings is 1. The fraction of sp³-hybridized carbons (Fsp3) is 0.387. The predicted octanol–water partition coefficient (Wildman–Crippen LogP) is 2.50. The Bertz CT molecular complexity index is 1530. The third-order valence-corrected chi connectivity index (χ3v) is 7.75. The molecule has 0 unspecified atom stereocenters. The molecule has 3 aromatic rings. The van der Waals surface area contributed by atoms with Crippen LogP contribution in [0.4, 0.5) is 0 Å². The lowest BCUT2D eigenvalue weighted by Crippen LogP contribution is -2.58. The van der Waals surface area contributed by atoms with E-state index in [9.17, 15) is 19.2 Å². The van der Waals surface area contributed by atoms with E-state index in [1.807, 2.05) is 31.2 Å². The van der Waals surface area contributed by atoms with Crippen molar-refractivity contribution in [1.82, 2.24) is 25.3 Å². The smallest absolute Gasteiger partial charge is 0.258 e. The van der Waals surface area contributed by atoms with Crippen LogP contribution in [0.3, 0.4) is 0 Å². The molecule has 0 aliphatic carbocycles. The Labute approximate surface area is 244 Å². The third-order valence-electron chi connectivity index (χ3n) is 7.75. The van der Waals surface area contributed by atoms with Gasteiger partial charge in [0, 0.05) is 37.3 Å². The highest BCUT2D eigenvalue weighted by atomic mass is 16.5. The van der Waals surface area contributed by atoms with E-state index in [1.165, 1.54) is 6.92 Å². The third kappa shape index (κ3) is 6.29. The van der Waals surface area contributed by atoms with Crippen molar-refractivity contribution in [2.45, 2.75) is 59.4 Å². The minimum Gasteiger partial charge on any atom is -0.488 e. The summed E-state index contributed by atoms with van der Waals surface area (Å²) in [5.74, 6) is 0.183. The van der Waals surface area contributed by atoms with Gasteiger partial charge < -0.3 is 25.0 Å². The number of carbonyl (C=O) groups is 4. The van der Waals surface area contributed by atoms with E-state index in [1.54, 1.807) is 41.6 Å². The molecule has 0 spiro atoms. The van der Waals surface area contributed by atoms with Crippen molar-refractivity contribution < 1.29 is 28.7 Å². The van der Waals surface area contributed by atoms with Crippen molar-refractivity contribution in [2.75, 3.05) is 19.7 Å². The van der Waals surface area contributed by atoms with Crippen LogP contribution in [0.15, 0.2) is 42.5 Å². The summed E-state index contributed by atoms with van der Waals surface area (Å²) < 4.78 is 13.6. The molecule has 0 saturated carbocycles. The summed E-state index contributed by atoms with van der Waals surface area (Å²) in [5.41, 5.74) is 3.83. The molecule has 1 fully saturated rings. The number of hydrogen-bond acceptors (Lipinski definition) is 7. The molecule has 3 aliphatic rings. The lowest BCUT2D eigenvalue weighted by atomic mass is 10.0. The minimum atomic E-state index is -0.507. The van der Waals surface area contributed by atoms with Gasteiger partial charge in [0.15, 0.2) is 12.4 Å². The van der Waals surface area contributed by atoms with Crippen LogP contribution >= 0.6 is 0 Å². The SMILES string of the molecule is CC(=O)c1c(C)nn(CC(=O)N2CC[C@@H]3Oc4ccc(cc4)CNC(=O)COc4cc(ccc4C)C(=O)N[C@H]3C2)c1C. The number of hydrogen-bond donors (Lipinski definition) is 2. The lowest BCUT2D eigenvalue weighted by molar-refractivity contribution is -0.134. The number of fused-ring (bicyclic) bond motifs is 7. The second-order valence-corrected chi connectivity index (χ2v) is 10.8. The molecule has 11 heteroatoms. The van der Waals surface area contributed by atoms with E-state index in [0.29, 0.717) is 53.5 Å². The molecule has 4 bridgehead atoms. The van der Waals surface area contributed by atoms with Crippen molar-refractivity contribution >= 4 is 23.5 Å². The molecule has 1 aromatic heterocycles. The number of amides is 3. The van der Waals surface area contributed by atoms with Crippen LogP contribution < -0.4 is 20.1 Å². The lowest BCUT2D eigenvalue weighted by Gasteiger charge is -2.39. The molecule has 0 radical (unpaired) electrons. The van der Waals surface area contributed by atoms with Crippen LogP contribution in [-0.4, -0.2) is 70.0 Å². The minimum absolute atomic E-state index is 0.0149. The molecular weight excluding hydrogens is 538 g/mol. The summed E-state index contributed by atoms with van der Waals surface area (Å²) in [6.07, 6.45) is 0.102. The number of nitrogens with zero attached hydrogens (tertiary/aromatic N) is 3. The summed E-state index contributed by atoms with van der Waals surface area (Å²) in [5, 5.41) is 10.3. The molecule has 2 N–H and O–H groups in total. The van der Waals surface area contributed by atoms with E-state index in [0.717, 1.165) is 11.1 Å². The van der Waals surface area contributed by atoms with Gasteiger partial charge in [-0.15, -0.1) is 0 Å². The molecule has 2 atom stereocenters. The summed E-state index contributed by atoms with van der Waals surface area (Å²) in [6, 6.07) is 12.0. The zero-order chi connectivity index (χ0) is 30.0. The van der Waals surface area contributed by atoms with E-state index in [2.05, 4.69) is 15.7 Å². The van der Waals surface area contributed by atoms with Gasteiger partial charge in [-0.05, 0) is 63.1 Å². The van der Waals surface area contributed by atoms with Crippen LogP contribution in [-0.2, 0) is 22.7 Å². The molecule has 6 rings (SSSR count). The van der Waals surface area contributed by atoms with Gasteiger partial charge >= 0.3 is 0 Å². The average Bonchev–Trinajstić information content (AvgIpc) is 3.24. The van der Waals surface area contributed by atoms with Gasteiger partial charge in [-0.1, -0.05) is 18.2 Å². The Balaban J connectivity index is 1.39. The highest BCUT2D eigenvalue weighted by molar-refractivity contribution is 5.96. The Morgan fingerprint density at radius 2 is 1.83 bits per heavy atom. The van der Waals surface area contributed by atoms with Gasteiger partial charge in [0.25, 0.3) is 11.8 Å². The van der Waals surface area contributed by atoms with Gasteiger partial charge in [0.05, 0.1) is 17.3 Å². The van der Waals surface area contributed by atoms with Crippen LogP contribution in [0.2, 0.25) is 0 Å². The molecular formula is C31H35N5O6. The maximum Gasteiger partial charge on any atom is 0.258 e. The van der Waals surface area contributed by atoms with Crippen molar-refractivity contribution in [1.29, 1.82) is 0 Å². The fourth-order valence-corrected chi connectivity index (χ4v) is 5.43. The molecule has 42 heavy (non-hydrogen) atoms. The Hall–Kier alpha value is -4.67. The predicted molar refractivity (Wildman–Crippen MR) is 154 cm³/mol. The zero-order valence-electron chi connectivity index (χ0n) is 24.2. The Morgan fingerprint density at radius 3 is 2.55 bits per heavy atom. The van der Waals surface area contributed by atoms with Gasteiger partial charge in [-0.25, -0.2) is 0 Å². The number of nitrogens with one attached hydrogen (secondary N) is 2. The first-order valence-electron chi connectivity index (χ1n) is 14.0. The molecule has 4 heterocycles. The first-order valence-corrected chi connectivity index (χ1v) is 14.0. The summed E-state index contributed by atoms with van der Waals surface area (Å²) >= 11 is 0. The van der Waals surface area contributed by atoms with Crippen LogP contribution in [0.25, 0.3) is 0 Å². The van der Waals surface area contributed by atoms with E-state index in [-0.39, 0.29) is 43.2 Å². The fourth-order valence-electron chi connectivity index (χ4n) is 5.43. The average molecular weight is 574 g/mol. The first-order chi connectivity index (χ1) is 20.1. The topological polar surface area (TPSA) is 132 Å². The summed E-state index contributed by atoms with van der Waals surface area (Å²) in [7, 11) is 0. The van der Waals surface area contributed by atoms with Crippen molar-refractivity contribution in [2.24, 2.45) is 0 Å². The highest BCUT2D eigenvalue weighted by Gasteiger charge is 2.35. The largest absolute Gasteiger partial charge is 0.488 e. The number of Topliss-reactive ketones (excluding diaryl/α,β-unsaturated/α-hetero) is 1. The van der Waals surface area contributed by atoms with Crippen LogP contribution in [0, 0.1) is 20.8 Å². The summed E-state index contributed by atoms with van der Waals surface area (Å²) in [4.78, 5) is 52.9. The monoisotopic (exact) mass is 573 g/mol.